The lowest BCUT2D eigenvalue weighted by Crippen LogP contribution is -2.33. The zero-order valence-corrected chi connectivity index (χ0v) is 17.8. The van der Waals surface area contributed by atoms with Gasteiger partial charge in [-0.15, -0.1) is 0 Å². The summed E-state index contributed by atoms with van der Waals surface area (Å²) in [4.78, 5) is 11.6. The monoisotopic (exact) mass is 388 g/mol. The van der Waals surface area contributed by atoms with Crippen molar-refractivity contribution in [3.8, 4) is 22.5 Å². The maximum absolute atomic E-state index is 11.6. The molecule has 0 radical (unpaired) electrons. The van der Waals surface area contributed by atoms with E-state index in [0.29, 0.717) is 5.56 Å². The number of rotatable bonds is 3. The van der Waals surface area contributed by atoms with Crippen molar-refractivity contribution in [1.29, 1.82) is 0 Å². The molecule has 0 spiro atoms. The van der Waals surface area contributed by atoms with Gasteiger partial charge in [-0.3, -0.25) is 5.10 Å². The minimum absolute atomic E-state index is 0.174. The van der Waals surface area contributed by atoms with E-state index in [0.717, 1.165) is 22.5 Å². The number of ether oxygens (including phenoxy) is 1. The molecule has 1 aliphatic rings. The number of aromatic amines is 1. The highest BCUT2D eigenvalue weighted by molar-refractivity contribution is 5.89. The summed E-state index contributed by atoms with van der Waals surface area (Å²) >= 11 is 0. The smallest absolute Gasteiger partial charge is 0.337 e. The van der Waals surface area contributed by atoms with Crippen molar-refractivity contribution < 1.29 is 9.53 Å². The van der Waals surface area contributed by atoms with Gasteiger partial charge < -0.3 is 4.74 Å². The fourth-order valence-corrected chi connectivity index (χ4v) is 4.27. The molecule has 0 unspecified atom stereocenters. The molecule has 1 aliphatic carbocycles. The van der Waals surface area contributed by atoms with Crippen molar-refractivity contribution in [1.82, 2.24) is 10.2 Å². The molecule has 2 aromatic carbocycles. The fourth-order valence-electron chi connectivity index (χ4n) is 4.27. The normalized spacial score (nSPS) is 16.9. The van der Waals surface area contributed by atoms with Gasteiger partial charge in [0.2, 0.25) is 0 Å². The first kappa shape index (κ1) is 19.4. The average molecular weight is 389 g/mol. The first-order valence-electron chi connectivity index (χ1n) is 10.1. The minimum Gasteiger partial charge on any atom is -0.465 e. The van der Waals surface area contributed by atoms with Crippen LogP contribution in [0.4, 0.5) is 0 Å². The Morgan fingerprint density at radius 1 is 0.897 bits per heavy atom. The van der Waals surface area contributed by atoms with Gasteiger partial charge >= 0.3 is 5.97 Å². The molecule has 0 atom stereocenters. The predicted molar refractivity (Wildman–Crippen MR) is 116 cm³/mol. The Bertz CT molecular complexity index is 1060. The van der Waals surface area contributed by atoms with E-state index in [1.54, 1.807) is 12.1 Å². The molecule has 29 heavy (non-hydrogen) atoms. The van der Waals surface area contributed by atoms with Gasteiger partial charge in [0.25, 0.3) is 0 Å². The van der Waals surface area contributed by atoms with Crippen LogP contribution in [0.1, 0.15) is 62.0 Å². The summed E-state index contributed by atoms with van der Waals surface area (Å²) in [5.41, 5.74) is 7.77. The second-order valence-electron chi connectivity index (χ2n) is 9.26. The molecular formula is C25H28N2O2. The van der Waals surface area contributed by atoms with Crippen LogP contribution in [0.25, 0.3) is 22.5 Å². The van der Waals surface area contributed by atoms with Gasteiger partial charge in [-0.1, -0.05) is 52.0 Å². The first-order chi connectivity index (χ1) is 13.7. The third-order valence-electron chi connectivity index (χ3n) is 6.34. The van der Waals surface area contributed by atoms with Gasteiger partial charge in [0, 0.05) is 5.56 Å². The zero-order valence-electron chi connectivity index (χ0n) is 17.8. The van der Waals surface area contributed by atoms with Gasteiger partial charge in [0.05, 0.1) is 24.1 Å². The molecule has 4 rings (SSSR count). The Morgan fingerprint density at radius 2 is 1.52 bits per heavy atom. The van der Waals surface area contributed by atoms with Crippen molar-refractivity contribution in [2.45, 2.75) is 51.4 Å². The summed E-state index contributed by atoms with van der Waals surface area (Å²) in [5.74, 6) is -0.334. The SMILES string of the molecule is COC(=O)c1ccc(-c2cc(-c3ccc4c(c3)C(C)(C)CCC4(C)C)[nH]n2)cc1. The van der Waals surface area contributed by atoms with Crippen LogP contribution in [0.5, 0.6) is 0 Å². The van der Waals surface area contributed by atoms with Gasteiger partial charge in [0.15, 0.2) is 0 Å². The number of hydrogen-bond acceptors (Lipinski definition) is 3. The van der Waals surface area contributed by atoms with Gasteiger partial charge in [-0.05, 0) is 64.6 Å². The highest BCUT2D eigenvalue weighted by Gasteiger charge is 2.37. The summed E-state index contributed by atoms with van der Waals surface area (Å²) in [6.45, 7) is 9.36. The molecule has 150 valence electrons. The number of fused-ring (bicyclic) bond motifs is 1. The van der Waals surface area contributed by atoms with Crippen LogP contribution in [-0.2, 0) is 15.6 Å². The molecule has 4 nitrogen and oxygen atoms in total. The predicted octanol–water partition coefficient (Wildman–Crippen LogP) is 5.88. The maximum atomic E-state index is 11.6. The molecule has 1 aromatic heterocycles. The van der Waals surface area contributed by atoms with Crippen molar-refractivity contribution in [3.63, 3.8) is 0 Å². The topological polar surface area (TPSA) is 55.0 Å². The van der Waals surface area contributed by atoms with Crippen molar-refractivity contribution >= 4 is 5.97 Å². The number of hydrogen-bond donors (Lipinski definition) is 1. The molecule has 3 aromatic rings. The highest BCUT2D eigenvalue weighted by atomic mass is 16.5. The summed E-state index contributed by atoms with van der Waals surface area (Å²) in [7, 11) is 1.39. The van der Waals surface area contributed by atoms with Crippen LogP contribution >= 0.6 is 0 Å². The van der Waals surface area contributed by atoms with Crippen molar-refractivity contribution in [3.05, 3.63) is 65.2 Å². The molecule has 0 fully saturated rings. The quantitative estimate of drug-likeness (QED) is 0.570. The minimum atomic E-state index is -0.334. The van der Waals surface area contributed by atoms with E-state index < -0.39 is 0 Å². The Morgan fingerprint density at radius 3 is 2.17 bits per heavy atom. The molecule has 0 saturated heterocycles. The molecule has 0 aliphatic heterocycles. The maximum Gasteiger partial charge on any atom is 0.337 e. The summed E-state index contributed by atoms with van der Waals surface area (Å²) in [6, 6.07) is 16.2. The van der Waals surface area contributed by atoms with Crippen molar-refractivity contribution in [2.75, 3.05) is 7.11 Å². The van der Waals surface area contributed by atoms with E-state index in [1.807, 2.05) is 12.1 Å². The zero-order chi connectivity index (χ0) is 20.8. The van der Waals surface area contributed by atoms with Crippen LogP contribution in [0.15, 0.2) is 48.5 Å². The second-order valence-corrected chi connectivity index (χ2v) is 9.26. The lowest BCUT2D eigenvalue weighted by molar-refractivity contribution is 0.0601. The van der Waals surface area contributed by atoms with E-state index in [-0.39, 0.29) is 16.8 Å². The number of H-pyrrole nitrogens is 1. The van der Waals surface area contributed by atoms with Crippen LogP contribution < -0.4 is 0 Å². The molecule has 0 saturated carbocycles. The summed E-state index contributed by atoms with van der Waals surface area (Å²) in [6.07, 6.45) is 2.40. The second kappa shape index (κ2) is 6.87. The van der Waals surface area contributed by atoms with E-state index in [1.165, 1.54) is 31.1 Å². The Balaban J connectivity index is 1.68. The Hall–Kier alpha value is -2.88. The number of nitrogens with one attached hydrogen (secondary N) is 1. The molecule has 4 heteroatoms. The molecule has 1 heterocycles. The number of nitrogens with zero attached hydrogens (tertiary/aromatic N) is 1. The number of benzene rings is 2. The van der Waals surface area contributed by atoms with Gasteiger partial charge in [-0.2, -0.15) is 5.10 Å². The van der Waals surface area contributed by atoms with Crippen LogP contribution in [0.2, 0.25) is 0 Å². The number of carbonyl (C=O) groups excluding carboxylic acids is 1. The van der Waals surface area contributed by atoms with E-state index in [9.17, 15) is 4.79 Å². The van der Waals surface area contributed by atoms with Crippen LogP contribution in [-0.4, -0.2) is 23.3 Å². The van der Waals surface area contributed by atoms with E-state index in [4.69, 9.17) is 4.74 Å². The first-order valence-corrected chi connectivity index (χ1v) is 10.1. The average Bonchev–Trinajstić information content (AvgIpc) is 3.21. The number of esters is 1. The summed E-state index contributed by atoms with van der Waals surface area (Å²) in [5, 5.41) is 7.68. The van der Waals surface area contributed by atoms with E-state index in [2.05, 4.69) is 62.2 Å². The number of aromatic nitrogens is 2. The summed E-state index contributed by atoms with van der Waals surface area (Å²) < 4.78 is 4.76. The standard InChI is InChI=1S/C25H28N2O2/c1-24(2)12-13-25(3,4)20-14-18(10-11-19(20)24)22-15-21(26-27-22)16-6-8-17(9-7-16)23(28)29-5/h6-11,14-15H,12-13H2,1-5H3,(H,26,27). The lowest BCUT2D eigenvalue weighted by atomic mass is 9.63. The number of methoxy groups -OCH3 is 1. The third kappa shape index (κ3) is 3.48. The third-order valence-corrected chi connectivity index (χ3v) is 6.34. The molecule has 0 amide bonds. The fraction of sp³-hybridized carbons (Fsp3) is 0.360. The molecule has 0 bridgehead atoms. The van der Waals surface area contributed by atoms with Gasteiger partial charge in [-0.25, -0.2) is 4.79 Å². The van der Waals surface area contributed by atoms with Gasteiger partial charge in [0.1, 0.15) is 0 Å². The molecule has 1 N–H and O–H groups in total. The Kier molecular flexibility index (Phi) is 4.60. The Labute approximate surface area is 172 Å². The van der Waals surface area contributed by atoms with Crippen LogP contribution in [0.3, 0.4) is 0 Å². The number of carbonyl (C=O) groups is 1. The lowest BCUT2D eigenvalue weighted by Gasteiger charge is -2.42. The molecular weight excluding hydrogens is 360 g/mol. The van der Waals surface area contributed by atoms with E-state index >= 15 is 0 Å². The largest absolute Gasteiger partial charge is 0.465 e. The van der Waals surface area contributed by atoms with Crippen molar-refractivity contribution in [2.24, 2.45) is 0 Å². The van der Waals surface area contributed by atoms with Crippen LogP contribution in [0, 0.1) is 0 Å². The highest BCUT2D eigenvalue weighted by Crippen LogP contribution is 2.46.